The van der Waals surface area contributed by atoms with Gasteiger partial charge in [0.25, 0.3) is 11.8 Å². The lowest BCUT2D eigenvalue weighted by atomic mass is 10.0. The molecule has 0 spiro atoms. The number of urea groups is 1. The summed E-state index contributed by atoms with van der Waals surface area (Å²) in [6.45, 7) is 6.15. The minimum absolute atomic E-state index is 0.174. The average molecular weight is 571 g/mol. The van der Waals surface area contributed by atoms with Gasteiger partial charge >= 0.3 is 6.03 Å². The quantitative estimate of drug-likeness (QED) is 0.141. The zero-order chi connectivity index (χ0) is 30.4. The monoisotopic (exact) mass is 570 g/mol. The van der Waals surface area contributed by atoms with E-state index >= 15 is 0 Å². The van der Waals surface area contributed by atoms with Crippen LogP contribution in [0.2, 0.25) is 0 Å². The second-order valence-corrected chi connectivity index (χ2v) is 10.3. The molecule has 0 radical (unpaired) electrons. The van der Waals surface area contributed by atoms with Gasteiger partial charge in [-0.2, -0.15) is 0 Å². The van der Waals surface area contributed by atoms with Gasteiger partial charge in [0.1, 0.15) is 12.1 Å². The van der Waals surface area contributed by atoms with Gasteiger partial charge in [-0.3, -0.25) is 28.9 Å². The molecule has 2 rings (SSSR count). The van der Waals surface area contributed by atoms with Crippen LogP contribution in [0.5, 0.6) is 0 Å². The molecule has 1 aliphatic rings. The molecule has 7 amide bonds. The predicted octanol–water partition coefficient (Wildman–Crippen LogP) is 1.75. The van der Waals surface area contributed by atoms with Gasteiger partial charge in [-0.1, -0.05) is 39.3 Å². The normalized spacial score (nSPS) is 14.1. The van der Waals surface area contributed by atoms with Crippen LogP contribution in [0, 0.1) is 5.92 Å². The van der Waals surface area contributed by atoms with E-state index in [0.29, 0.717) is 37.9 Å². The van der Waals surface area contributed by atoms with Crippen molar-refractivity contribution in [3.63, 3.8) is 0 Å². The van der Waals surface area contributed by atoms with Gasteiger partial charge in [0.15, 0.2) is 0 Å². The zero-order valence-electron chi connectivity index (χ0n) is 24.0. The Balaban J connectivity index is 1.92. The van der Waals surface area contributed by atoms with Crippen LogP contribution in [0.25, 0.3) is 0 Å². The van der Waals surface area contributed by atoms with E-state index in [1.807, 2.05) is 19.1 Å². The molecule has 2 atom stereocenters. The number of carbonyl (C=O) groups is 6. The summed E-state index contributed by atoms with van der Waals surface area (Å²) in [6, 6.07) is 4.95. The molecule has 12 heteroatoms. The SMILES string of the molecule is CCc1ccc(NC(=O)[C@H](CCCNC(N)=O)NC(=O)[C@@H](NC(=O)CCCCCN2C(=O)C=CC2=O)C(C)C)cc1. The number of nitrogens with two attached hydrogens (primary N) is 1. The van der Waals surface area contributed by atoms with Crippen molar-refractivity contribution < 1.29 is 28.8 Å². The van der Waals surface area contributed by atoms with Crippen LogP contribution in [0.1, 0.15) is 64.9 Å². The number of unbranched alkanes of at least 4 members (excludes halogenated alkanes) is 2. The summed E-state index contributed by atoms with van der Waals surface area (Å²) < 4.78 is 0. The smallest absolute Gasteiger partial charge is 0.312 e. The van der Waals surface area contributed by atoms with Crippen molar-refractivity contribution >= 4 is 41.3 Å². The van der Waals surface area contributed by atoms with Gasteiger partial charge in [0.2, 0.25) is 17.7 Å². The average Bonchev–Trinajstić information content (AvgIpc) is 3.25. The number of nitrogens with zero attached hydrogens (tertiary/aromatic N) is 1. The standard InChI is InChI=1S/C29H42N6O6/c1-4-20-11-13-21(14-12-20)32-27(39)22(9-8-17-31-29(30)41)33-28(40)26(19(2)3)34-23(36)10-6-5-7-18-35-24(37)15-16-25(35)38/h11-16,19,22,26H,4-10,17-18H2,1-3H3,(H,32,39)(H,33,40)(H,34,36)(H3,30,31,41)/t22-,26-/m0/s1. The van der Waals surface area contributed by atoms with E-state index in [2.05, 4.69) is 21.3 Å². The van der Waals surface area contributed by atoms with Crippen LogP contribution in [-0.2, 0) is 30.4 Å². The molecule has 0 bridgehead atoms. The number of nitrogens with one attached hydrogen (secondary N) is 4. The second-order valence-electron chi connectivity index (χ2n) is 10.3. The fourth-order valence-corrected chi connectivity index (χ4v) is 4.27. The topological polar surface area (TPSA) is 180 Å². The summed E-state index contributed by atoms with van der Waals surface area (Å²) in [5, 5.41) is 10.8. The lowest BCUT2D eigenvalue weighted by molar-refractivity contribution is -0.137. The van der Waals surface area contributed by atoms with E-state index in [9.17, 15) is 28.8 Å². The van der Waals surface area contributed by atoms with Crippen molar-refractivity contribution in [2.75, 3.05) is 18.4 Å². The highest BCUT2D eigenvalue weighted by Crippen LogP contribution is 2.13. The third-order valence-corrected chi connectivity index (χ3v) is 6.68. The first-order chi connectivity index (χ1) is 19.5. The van der Waals surface area contributed by atoms with Crippen LogP contribution in [-0.4, -0.2) is 65.6 Å². The molecule has 0 saturated heterocycles. The highest BCUT2D eigenvalue weighted by atomic mass is 16.2. The Hall–Kier alpha value is -4.22. The zero-order valence-corrected chi connectivity index (χ0v) is 24.0. The van der Waals surface area contributed by atoms with Crippen molar-refractivity contribution in [1.82, 2.24) is 20.9 Å². The summed E-state index contributed by atoms with van der Waals surface area (Å²) in [5.74, 6) is -2.12. The predicted molar refractivity (Wildman–Crippen MR) is 154 cm³/mol. The fourth-order valence-electron chi connectivity index (χ4n) is 4.27. The Labute approximate surface area is 240 Å². The number of carbonyl (C=O) groups excluding carboxylic acids is 6. The van der Waals surface area contributed by atoms with Crippen LogP contribution in [0.3, 0.4) is 0 Å². The molecule has 1 heterocycles. The van der Waals surface area contributed by atoms with Gasteiger partial charge in [0.05, 0.1) is 0 Å². The maximum Gasteiger partial charge on any atom is 0.312 e. The Morgan fingerprint density at radius 2 is 1.54 bits per heavy atom. The van der Waals surface area contributed by atoms with E-state index in [0.717, 1.165) is 16.9 Å². The number of hydrogen-bond donors (Lipinski definition) is 5. The van der Waals surface area contributed by atoms with E-state index < -0.39 is 29.9 Å². The molecule has 6 N–H and O–H groups in total. The van der Waals surface area contributed by atoms with Gasteiger partial charge < -0.3 is 27.0 Å². The van der Waals surface area contributed by atoms with Gasteiger partial charge in [0, 0.05) is 37.3 Å². The number of hydrogen-bond acceptors (Lipinski definition) is 6. The van der Waals surface area contributed by atoms with Crippen molar-refractivity contribution in [3.8, 4) is 0 Å². The van der Waals surface area contributed by atoms with Crippen LogP contribution >= 0.6 is 0 Å². The van der Waals surface area contributed by atoms with Crippen LogP contribution < -0.4 is 27.0 Å². The Kier molecular flexibility index (Phi) is 13.5. The first kappa shape index (κ1) is 33.0. The minimum atomic E-state index is -0.910. The Bertz CT molecular complexity index is 1100. The maximum absolute atomic E-state index is 13.2. The van der Waals surface area contributed by atoms with E-state index in [-0.39, 0.29) is 43.0 Å². The van der Waals surface area contributed by atoms with Crippen LogP contribution in [0.4, 0.5) is 10.5 Å². The summed E-state index contributed by atoms with van der Waals surface area (Å²) in [5.41, 5.74) is 6.82. The second kappa shape index (κ2) is 16.8. The number of anilines is 1. The molecule has 0 aromatic heterocycles. The lowest BCUT2D eigenvalue weighted by Crippen LogP contribution is -2.54. The molecule has 0 saturated carbocycles. The Morgan fingerprint density at radius 1 is 0.878 bits per heavy atom. The summed E-state index contributed by atoms with van der Waals surface area (Å²) >= 11 is 0. The van der Waals surface area contributed by atoms with E-state index in [1.165, 1.54) is 12.2 Å². The number of primary amides is 1. The van der Waals surface area contributed by atoms with Crippen molar-refractivity contribution in [2.24, 2.45) is 11.7 Å². The summed E-state index contributed by atoms with van der Waals surface area (Å²) in [7, 11) is 0. The maximum atomic E-state index is 13.2. The molecule has 0 fully saturated rings. The molecular formula is C29H42N6O6. The van der Waals surface area contributed by atoms with Crippen LogP contribution in [0.15, 0.2) is 36.4 Å². The van der Waals surface area contributed by atoms with E-state index in [1.54, 1.807) is 26.0 Å². The number of amides is 7. The number of rotatable bonds is 17. The molecule has 1 aromatic carbocycles. The molecule has 1 aliphatic heterocycles. The van der Waals surface area contributed by atoms with Crippen molar-refractivity contribution in [1.29, 1.82) is 0 Å². The van der Waals surface area contributed by atoms with Crippen molar-refractivity contribution in [3.05, 3.63) is 42.0 Å². The first-order valence-electron chi connectivity index (χ1n) is 14.1. The largest absolute Gasteiger partial charge is 0.352 e. The molecule has 12 nitrogen and oxygen atoms in total. The highest BCUT2D eigenvalue weighted by Gasteiger charge is 2.29. The highest BCUT2D eigenvalue weighted by molar-refractivity contribution is 6.12. The fraction of sp³-hybridized carbons (Fsp3) is 0.517. The third kappa shape index (κ3) is 11.4. The lowest BCUT2D eigenvalue weighted by Gasteiger charge is -2.25. The number of benzene rings is 1. The Morgan fingerprint density at radius 3 is 2.12 bits per heavy atom. The molecule has 0 aliphatic carbocycles. The van der Waals surface area contributed by atoms with Gasteiger partial charge in [-0.15, -0.1) is 0 Å². The van der Waals surface area contributed by atoms with E-state index in [4.69, 9.17) is 5.73 Å². The molecular weight excluding hydrogens is 528 g/mol. The van der Waals surface area contributed by atoms with Crippen molar-refractivity contribution in [2.45, 2.75) is 77.8 Å². The molecule has 0 unspecified atom stereocenters. The molecule has 1 aromatic rings. The first-order valence-corrected chi connectivity index (χ1v) is 14.1. The molecule has 41 heavy (non-hydrogen) atoms. The molecule has 224 valence electrons. The summed E-state index contributed by atoms with van der Waals surface area (Å²) in [4.78, 5) is 74.3. The number of aryl methyl sites for hydroxylation is 1. The number of imide groups is 1. The van der Waals surface area contributed by atoms with Gasteiger partial charge in [-0.25, -0.2) is 4.79 Å². The van der Waals surface area contributed by atoms with Gasteiger partial charge in [-0.05, 0) is 55.7 Å². The minimum Gasteiger partial charge on any atom is -0.352 e. The summed E-state index contributed by atoms with van der Waals surface area (Å²) in [6.07, 6.45) is 5.86. The third-order valence-electron chi connectivity index (χ3n) is 6.68.